The molecule has 0 fully saturated rings. The summed E-state index contributed by atoms with van der Waals surface area (Å²) in [6.45, 7) is 0.599. The van der Waals surface area contributed by atoms with Gasteiger partial charge in [-0.05, 0) is 67.3 Å². The molecule has 0 saturated heterocycles. The molecule has 136 valence electrons. The fourth-order valence-corrected chi connectivity index (χ4v) is 3.02. The number of fused-ring (bicyclic) bond motifs is 1. The first-order valence-corrected chi connectivity index (χ1v) is 9.49. The summed E-state index contributed by atoms with van der Waals surface area (Å²) in [5.41, 5.74) is 2.01. The Labute approximate surface area is 161 Å². The van der Waals surface area contributed by atoms with Gasteiger partial charge in [-0.1, -0.05) is 16.8 Å². The Balaban J connectivity index is 1.32. The Hall–Kier alpha value is -2.18. The van der Waals surface area contributed by atoms with Crippen molar-refractivity contribution in [1.29, 1.82) is 0 Å². The van der Waals surface area contributed by atoms with Gasteiger partial charge < -0.3 is 14.3 Å². The SMILES string of the molecule is O=C1CCc2cc(OCCCC=NOSc3ccc(Cl)cc3)ccc2N1. The van der Waals surface area contributed by atoms with Crippen molar-refractivity contribution in [2.24, 2.45) is 5.16 Å². The van der Waals surface area contributed by atoms with Crippen LogP contribution in [0.1, 0.15) is 24.8 Å². The Bertz CT molecular complexity index is 781. The Kier molecular flexibility index (Phi) is 6.80. The van der Waals surface area contributed by atoms with Crippen LogP contribution in [0.2, 0.25) is 5.02 Å². The van der Waals surface area contributed by atoms with Gasteiger partial charge in [0.1, 0.15) is 17.8 Å². The molecule has 0 unspecified atom stereocenters. The molecule has 0 aliphatic carbocycles. The fourth-order valence-electron chi connectivity index (χ4n) is 2.45. The predicted octanol–water partition coefficient (Wildman–Crippen LogP) is 5.09. The van der Waals surface area contributed by atoms with Gasteiger partial charge in [-0.25, -0.2) is 0 Å². The van der Waals surface area contributed by atoms with Gasteiger partial charge in [-0.2, -0.15) is 0 Å². The number of hydrogen-bond donors (Lipinski definition) is 1. The molecular weight excluding hydrogens is 372 g/mol. The summed E-state index contributed by atoms with van der Waals surface area (Å²) in [6, 6.07) is 13.1. The number of aryl methyl sites for hydroxylation is 1. The Morgan fingerprint density at radius 2 is 2.04 bits per heavy atom. The second-order valence-corrected chi connectivity index (χ2v) is 6.98. The third-order valence-electron chi connectivity index (χ3n) is 3.78. The number of unbranched alkanes of at least 4 members (excludes halogenated alkanes) is 1. The van der Waals surface area contributed by atoms with E-state index in [1.807, 2.05) is 42.5 Å². The molecule has 0 bridgehead atoms. The third kappa shape index (κ3) is 5.68. The van der Waals surface area contributed by atoms with Crippen molar-refractivity contribution < 1.29 is 13.8 Å². The number of anilines is 1. The highest BCUT2D eigenvalue weighted by Gasteiger charge is 2.14. The van der Waals surface area contributed by atoms with Crippen molar-refractivity contribution in [2.75, 3.05) is 11.9 Å². The zero-order valence-electron chi connectivity index (χ0n) is 14.1. The quantitative estimate of drug-likeness (QED) is 0.295. The zero-order valence-corrected chi connectivity index (χ0v) is 15.7. The lowest BCUT2D eigenvalue weighted by molar-refractivity contribution is -0.116. The van der Waals surface area contributed by atoms with Crippen molar-refractivity contribution in [3.8, 4) is 5.75 Å². The largest absolute Gasteiger partial charge is 0.494 e. The highest BCUT2D eigenvalue weighted by Crippen LogP contribution is 2.27. The fraction of sp³-hybridized carbons (Fsp3) is 0.263. The zero-order chi connectivity index (χ0) is 18.2. The number of carbonyl (C=O) groups is 1. The first-order valence-electron chi connectivity index (χ1n) is 8.37. The average Bonchev–Trinajstić information content (AvgIpc) is 2.65. The highest BCUT2D eigenvalue weighted by atomic mass is 35.5. The molecule has 0 radical (unpaired) electrons. The molecule has 2 aromatic carbocycles. The topological polar surface area (TPSA) is 59.9 Å². The maximum atomic E-state index is 11.4. The van der Waals surface area contributed by atoms with Crippen LogP contribution in [0.25, 0.3) is 0 Å². The van der Waals surface area contributed by atoms with Crippen LogP contribution in [0.5, 0.6) is 5.75 Å². The minimum absolute atomic E-state index is 0.0712. The summed E-state index contributed by atoms with van der Waals surface area (Å²) in [4.78, 5) is 12.3. The number of carbonyl (C=O) groups excluding carboxylic acids is 1. The van der Waals surface area contributed by atoms with Crippen LogP contribution in [0.4, 0.5) is 5.69 Å². The summed E-state index contributed by atoms with van der Waals surface area (Å²) in [5.74, 6) is 0.897. The number of ether oxygens (including phenoxy) is 1. The van der Waals surface area contributed by atoms with E-state index in [-0.39, 0.29) is 5.91 Å². The van der Waals surface area contributed by atoms with Gasteiger partial charge in [0.2, 0.25) is 5.91 Å². The standard InChI is InChI=1S/C19H19ClN2O3S/c20-15-4-7-17(8-5-15)26-25-21-11-1-2-12-24-16-6-9-18-14(13-16)3-10-19(23)22-18/h4-9,11,13H,1-3,10,12H2,(H,22,23). The summed E-state index contributed by atoms with van der Waals surface area (Å²) in [7, 11) is 0. The molecule has 7 heteroatoms. The molecule has 1 amide bonds. The van der Waals surface area contributed by atoms with Crippen LogP contribution in [0, 0.1) is 0 Å². The van der Waals surface area contributed by atoms with E-state index in [2.05, 4.69) is 10.5 Å². The molecule has 1 aliphatic heterocycles. The summed E-state index contributed by atoms with van der Waals surface area (Å²) in [6.07, 6.45) is 4.62. The smallest absolute Gasteiger partial charge is 0.224 e. The van der Waals surface area contributed by atoms with Crippen LogP contribution in [-0.2, 0) is 15.5 Å². The molecule has 0 aromatic heterocycles. The number of amides is 1. The highest BCUT2D eigenvalue weighted by molar-refractivity contribution is 7.94. The van der Waals surface area contributed by atoms with Crippen LogP contribution in [0.3, 0.4) is 0 Å². The number of rotatable bonds is 8. The number of oxime groups is 1. The third-order valence-corrected chi connectivity index (χ3v) is 4.66. The van der Waals surface area contributed by atoms with Crippen LogP contribution >= 0.6 is 23.6 Å². The second-order valence-electron chi connectivity index (χ2n) is 5.76. The maximum absolute atomic E-state index is 11.4. The van der Waals surface area contributed by atoms with Crippen LogP contribution in [0.15, 0.2) is 52.5 Å². The molecule has 0 saturated carbocycles. The van der Waals surface area contributed by atoms with Gasteiger partial charge in [0.25, 0.3) is 0 Å². The van der Waals surface area contributed by atoms with Crippen LogP contribution < -0.4 is 10.1 Å². The van der Waals surface area contributed by atoms with Gasteiger partial charge in [-0.3, -0.25) is 4.79 Å². The lowest BCUT2D eigenvalue weighted by Gasteiger charge is -2.17. The van der Waals surface area contributed by atoms with Gasteiger partial charge >= 0.3 is 0 Å². The molecule has 5 nitrogen and oxygen atoms in total. The average molecular weight is 391 g/mol. The molecule has 26 heavy (non-hydrogen) atoms. The van der Waals surface area contributed by atoms with Crippen molar-refractivity contribution in [3.63, 3.8) is 0 Å². The molecule has 0 atom stereocenters. The molecule has 1 N–H and O–H groups in total. The summed E-state index contributed by atoms with van der Waals surface area (Å²) in [5, 5.41) is 7.47. The lowest BCUT2D eigenvalue weighted by Crippen LogP contribution is -2.18. The van der Waals surface area contributed by atoms with Crippen LogP contribution in [-0.4, -0.2) is 18.7 Å². The molecular formula is C19H19ClN2O3S. The molecule has 0 spiro atoms. The first-order chi connectivity index (χ1) is 12.7. The molecule has 1 aliphatic rings. The molecule has 3 rings (SSSR count). The number of nitrogens with zero attached hydrogens (tertiary/aromatic N) is 1. The van der Waals surface area contributed by atoms with Gasteiger partial charge in [-0.15, -0.1) is 0 Å². The van der Waals surface area contributed by atoms with E-state index in [0.29, 0.717) is 18.1 Å². The molecule has 1 heterocycles. The van der Waals surface area contributed by atoms with Crippen molar-refractivity contribution in [1.82, 2.24) is 0 Å². The predicted molar refractivity (Wildman–Crippen MR) is 105 cm³/mol. The minimum Gasteiger partial charge on any atom is -0.494 e. The summed E-state index contributed by atoms with van der Waals surface area (Å²) < 4.78 is 10.9. The van der Waals surface area contributed by atoms with E-state index >= 15 is 0 Å². The summed E-state index contributed by atoms with van der Waals surface area (Å²) >= 11 is 7.01. The van der Waals surface area contributed by atoms with E-state index in [4.69, 9.17) is 20.6 Å². The Morgan fingerprint density at radius 1 is 1.19 bits per heavy atom. The Morgan fingerprint density at radius 3 is 2.88 bits per heavy atom. The van der Waals surface area contributed by atoms with Crippen molar-refractivity contribution in [3.05, 3.63) is 53.1 Å². The van der Waals surface area contributed by atoms with E-state index in [1.165, 1.54) is 12.0 Å². The van der Waals surface area contributed by atoms with Gasteiger partial charge in [0.15, 0.2) is 0 Å². The number of hydrogen-bond acceptors (Lipinski definition) is 5. The van der Waals surface area contributed by atoms with Gasteiger partial charge in [0, 0.05) is 23.3 Å². The van der Waals surface area contributed by atoms with Crippen molar-refractivity contribution in [2.45, 2.75) is 30.6 Å². The number of benzene rings is 2. The normalized spacial score (nSPS) is 13.3. The first kappa shape index (κ1) is 18.6. The lowest BCUT2D eigenvalue weighted by atomic mass is 10.0. The molecule has 2 aromatic rings. The monoisotopic (exact) mass is 390 g/mol. The number of nitrogens with one attached hydrogen (secondary N) is 1. The van der Waals surface area contributed by atoms with Crippen molar-refractivity contribution >= 4 is 41.5 Å². The minimum atomic E-state index is 0.0712. The van der Waals surface area contributed by atoms with E-state index < -0.39 is 0 Å². The van der Waals surface area contributed by atoms with Gasteiger partial charge in [0.05, 0.1) is 11.5 Å². The van der Waals surface area contributed by atoms with E-state index in [9.17, 15) is 4.79 Å². The second kappa shape index (κ2) is 9.50. The number of halogens is 1. The maximum Gasteiger partial charge on any atom is 0.224 e. The van der Waals surface area contributed by atoms with E-state index in [0.717, 1.165) is 41.2 Å². The van der Waals surface area contributed by atoms with E-state index in [1.54, 1.807) is 6.21 Å².